The van der Waals surface area contributed by atoms with Gasteiger partial charge < -0.3 is 20.2 Å². The van der Waals surface area contributed by atoms with E-state index in [0.717, 1.165) is 32.7 Å². The second-order valence-corrected chi connectivity index (χ2v) is 5.30. The zero-order chi connectivity index (χ0) is 14.3. The minimum atomic E-state index is -0.743. The Morgan fingerprint density at radius 3 is 1.95 bits per heavy atom. The van der Waals surface area contributed by atoms with Crippen LogP contribution in [-0.4, -0.2) is 72.1 Å². The zero-order valence-electron chi connectivity index (χ0n) is 11.9. The highest BCUT2D eigenvalue weighted by Crippen LogP contribution is 2.03. The molecule has 0 aromatic heterocycles. The first-order valence-corrected chi connectivity index (χ1v) is 6.93. The Kier molecular flexibility index (Phi) is 6.80. The number of hydrogen-bond donors (Lipinski definition) is 2. The Balaban J connectivity index is 2.13. The van der Waals surface area contributed by atoms with Gasteiger partial charge in [-0.1, -0.05) is 0 Å². The maximum atomic E-state index is 11.5. The number of rotatable bonds is 7. The standard InChI is InChI=1S/C13H25N3O3/c1-11(2)14-12(17)3-5-15-7-9-16(10-8-15)6-4-13(18)19/h11H,3-10H2,1-2H3,(H,14,17)(H,18,19). The van der Waals surface area contributed by atoms with E-state index in [-0.39, 0.29) is 18.4 Å². The Hall–Kier alpha value is -1.14. The van der Waals surface area contributed by atoms with Crippen LogP contribution in [0.25, 0.3) is 0 Å². The van der Waals surface area contributed by atoms with Gasteiger partial charge in [-0.3, -0.25) is 9.59 Å². The molecular formula is C13H25N3O3. The molecule has 1 aliphatic rings. The van der Waals surface area contributed by atoms with Crippen LogP contribution < -0.4 is 5.32 Å². The lowest BCUT2D eigenvalue weighted by Gasteiger charge is -2.34. The lowest BCUT2D eigenvalue weighted by atomic mass is 10.2. The van der Waals surface area contributed by atoms with E-state index in [1.54, 1.807) is 0 Å². The van der Waals surface area contributed by atoms with Crippen LogP contribution in [0.1, 0.15) is 26.7 Å². The van der Waals surface area contributed by atoms with E-state index in [0.29, 0.717) is 13.0 Å². The number of piperazine rings is 1. The van der Waals surface area contributed by atoms with Gasteiger partial charge in [0.1, 0.15) is 0 Å². The van der Waals surface area contributed by atoms with E-state index >= 15 is 0 Å². The number of aliphatic carboxylic acids is 1. The summed E-state index contributed by atoms with van der Waals surface area (Å²) in [6.07, 6.45) is 0.740. The lowest BCUT2D eigenvalue weighted by molar-refractivity contribution is -0.137. The molecular weight excluding hydrogens is 246 g/mol. The van der Waals surface area contributed by atoms with Crippen LogP contribution in [-0.2, 0) is 9.59 Å². The van der Waals surface area contributed by atoms with Gasteiger partial charge in [-0.05, 0) is 13.8 Å². The van der Waals surface area contributed by atoms with Crippen molar-refractivity contribution >= 4 is 11.9 Å². The van der Waals surface area contributed by atoms with Crippen LogP contribution in [0.5, 0.6) is 0 Å². The number of carboxylic acid groups (broad SMARTS) is 1. The van der Waals surface area contributed by atoms with Gasteiger partial charge in [-0.2, -0.15) is 0 Å². The first-order chi connectivity index (χ1) is 8.97. The molecule has 0 aromatic carbocycles. The molecule has 6 heteroatoms. The van der Waals surface area contributed by atoms with Gasteiger partial charge in [-0.15, -0.1) is 0 Å². The predicted octanol–water partition coefficient (Wildman–Crippen LogP) is -0.00660. The zero-order valence-corrected chi connectivity index (χ0v) is 11.9. The second-order valence-electron chi connectivity index (χ2n) is 5.30. The largest absolute Gasteiger partial charge is 0.481 e. The first-order valence-electron chi connectivity index (χ1n) is 6.93. The fraction of sp³-hybridized carbons (Fsp3) is 0.846. The maximum absolute atomic E-state index is 11.5. The number of carbonyl (C=O) groups is 2. The highest BCUT2D eigenvalue weighted by Gasteiger charge is 2.17. The molecule has 0 atom stereocenters. The average molecular weight is 271 g/mol. The third-order valence-electron chi connectivity index (χ3n) is 3.21. The number of carboxylic acids is 1. The molecule has 1 fully saturated rings. The van der Waals surface area contributed by atoms with Crippen LogP contribution in [0.4, 0.5) is 0 Å². The summed E-state index contributed by atoms with van der Waals surface area (Å²) in [5, 5.41) is 11.5. The second kappa shape index (κ2) is 8.12. The third-order valence-corrected chi connectivity index (χ3v) is 3.21. The van der Waals surface area contributed by atoms with E-state index in [2.05, 4.69) is 15.1 Å². The molecule has 0 aliphatic carbocycles. The van der Waals surface area contributed by atoms with Gasteiger partial charge in [0.2, 0.25) is 5.91 Å². The smallest absolute Gasteiger partial charge is 0.304 e. The first kappa shape index (κ1) is 15.9. The molecule has 1 rings (SSSR count). The number of carbonyl (C=O) groups excluding carboxylic acids is 1. The van der Waals surface area contributed by atoms with Gasteiger partial charge in [0.05, 0.1) is 6.42 Å². The van der Waals surface area contributed by atoms with Crippen molar-refractivity contribution in [2.24, 2.45) is 0 Å². The minimum Gasteiger partial charge on any atom is -0.481 e. The molecule has 0 radical (unpaired) electrons. The van der Waals surface area contributed by atoms with Gasteiger partial charge >= 0.3 is 5.97 Å². The van der Waals surface area contributed by atoms with Crippen molar-refractivity contribution < 1.29 is 14.7 Å². The van der Waals surface area contributed by atoms with Crippen molar-refractivity contribution in [3.8, 4) is 0 Å². The molecule has 0 unspecified atom stereocenters. The van der Waals surface area contributed by atoms with Crippen LogP contribution >= 0.6 is 0 Å². The molecule has 1 amide bonds. The molecule has 6 nitrogen and oxygen atoms in total. The fourth-order valence-electron chi connectivity index (χ4n) is 2.14. The number of nitrogens with zero attached hydrogens (tertiary/aromatic N) is 2. The molecule has 19 heavy (non-hydrogen) atoms. The molecule has 1 saturated heterocycles. The quantitative estimate of drug-likeness (QED) is 0.681. The van der Waals surface area contributed by atoms with Crippen molar-refractivity contribution in [1.82, 2.24) is 15.1 Å². The molecule has 0 aromatic rings. The Morgan fingerprint density at radius 2 is 1.53 bits per heavy atom. The number of amides is 1. The Bertz CT molecular complexity index is 300. The highest BCUT2D eigenvalue weighted by molar-refractivity contribution is 5.76. The van der Waals surface area contributed by atoms with Crippen molar-refractivity contribution in [3.05, 3.63) is 0 Å². The van der Waals surface area contributed by atoms with E-state index < -0.39 is 5.97 Å². The fourth-order valence-corrected chi connectivity index (χ4v) is 2.14. The molecule has 0 saturated carbocycles. The molecule has 1 heterocycles. The summed E-state index contributed by atoms with van der Waals surface area (Å²) < 4.78 is 0. The monoisotopic (exact) mass is 271 g/mol. The number of hydrogen-bond acceptors (Lipinski definition) is 4. The summed E-state index contributed by atoms with van der Waals surface area (Å²) in [4.78, 5) is 26.4. The average Bonchev–Trinajstić information content (AvgIpc) is 2.34. The van der Waals surface area contributed by atoms with Gasteiger partial charge in [-0.25, -0.2) is 0 Å². The van der Waals surface area contributed by atoms with Gasteiger partial charge in [0.25, 0.3) is 0 Å². The SMILES string of the molecule is CC(C)NC(=O)CCN1CCN(CCC(=O)O)CC1. The van der Waals surface area contributed by atoms with Crippen LogP contribution in [0.3, 0.4) is 0 Å². The summed E-state index contributed by atoms with van der Waals surface area (Å²) in [5.74, 6) is -0.643. The van der Waals surface area contributed by atoms with Crippen LogP contribution in [0, 0.1) is 0 Å². The van der Waals surface area contributed by atoms with Crippen molar-refractivity contribution in [2.45, 2.75) is 32.7 Å². The van der Waals surface area contributed by atoms with E-state index in [1.807, 2.05) is 13.8 Å². The lowest BCUT2D eigenvalue weighted by Crippen LogP contribution is -2.47. The summed E-state index contributed by atoms with van der Waals surface area (Å²) in [6, 6.07) is 0.195. The molecule has 110 valence electrons. The molecule has 1 aliphatic heterocycles. The van der Waals surface area contributed by atoms with Gasteiger partial charge in [0, 0.05) is 51.7 Å². The normalized spacial score (nSPS) is 17.6. The summed E-state index contributed by atoms with van der Waals surface area (Å²) in [7, 11) is 0. The highest BCUT2D eigenvalue weighted by atomic mass is 16.4. The molecule has 0 spiro atoms. The Labute approximate surface area is 114 Å². The minimum absolute atomic E-state index is 0.100. The summed E-state index contributed by atoms with van der Waals surface area (Å²) >= 11 is 0. The van der Waals surface area contributed by atoms with E-state index in [4.69, 9.17) is 5.11 Å². The summed E-state index contributed by atoms with van der Waals surface area (Å²) in [5.41, 5.74) is 0. The van der Waals surface area contributed by atoms with E-state index in [1.165, 1.54) is 0 Å². The van der Waals surface area contributed by atoms with Crippen molar-refractivity contribution in [2.75, 3.05) is 39.3 Å². The molecule has 0 bridgehead atoms. The third kappa shape index (κ3) is 7.12. The topological polar surface area (TPSA) is 72.9 Å². The Morgan fingerprint density at radius 1 is 1.05 bits per heavy atom. The number of nitrogens with one attached hydrogen (secondary N) is 1. The van der Waals surface area contributed by atoms with Crippen molar-refractivity contribution in [1.29, 1.82) is 0 Å². The maximum Gasteiger partial charge on any atom is 0.304 e. The van der Waals surface area contributed by atoms with E-state index in [9.17, 15) is 9.59 Å². The van der Waals surface area contributed by atoms with Crippen LogP contribution in [0.15, 0.2) is 0 Å². The molecule has 2 N–H and O–H groups in total. The van der Waals surface area contributed by atoms with Crippen molar-refractivity contribution in [3.63, 3.8) is 0 Å². The van der Waals surface area contributed by atoms with Crippen LogP contribution in [0.2, 0.25) is 0 Å². The van der Waals surface area contributed by atoms with Gasteiger partial charge in [0.15, 0.2) is 0 Å². The summed E-state index contributed by atoms with van der Waals surface area (Å²) in [6.45, 7) is 8.92. The predicted molar refractivity (Wildman–Crippen MR) is 73.0 cm³/mol.